The van der Waals surface area contributed by atoms with Gasteiger partial charge in [-0.1, -0.05) is 23.2 Å². The Kier molecular flexibility index (Phi) is 6.07. The molecule has 0 N–H and O–H groups in total. The normalized spacial score (nSPS) is 19.4. The van der Waals surface area contributed by atoms with Crippen molar-refractivity contribution < 1.29 is 19.1 Å². The van der Waals surface area contributed by atoms with Gasteiger partial charge in [-0.05, 0) is 42.7 Å². The lowest BCUT2D eigenvalue weighted by Crippen LogP contribution is -2.18. The summed E-state index contributed by atoms with van der Waals surface area (Å²) in [6, 6.07) is 4.85. The second-order valence-electron chi connectivity index (χ2n) is 6.53. The molecule has 1 aromatic heterocycles. The van der Waals surface area contributed by atoms with Crippen LogP contribution in [0.25, 0.3) is 0 Å². The summed E-state index contributed by atoms with van der Waals surface area (Å²) in [6.07, 6.45) is 3.45. The van der Waals surface area contributed by atoms with E-state index in [1.54, 1.807) is 36.0 Å². The lowest BCUT2D eigenvalue weighted by atomic mass is 10.1. The number of aromatic nitrogens is 2. The van der Waals surface area contributed by atoms with Crippen molar-refractivity contribution >= 4 is 35.1 Å². The molecule has 144 valence electrons. The Balaban J connectivity index is 1.73. The number of hydrogen-bond donors (Lipinski definition) is 0. The average molecular weight is 411 g/mol. The summed E-state index contributed by atoms with van der Waals surface area (Å²) in [5.74, 6) is -0.953. The predicted octanol–water partition coefficient (Wildman–Crippen LogP) is 4.07. The first kappa shape index (κ1) is 19.7. The average Bonchev–Trinajstić information content (AvgIpc) is 3.28. The fourth-order valence-corrected chi connectivity index (χ4v) is 3.59. The molecule has 1 saturated carbocycles. The van der Waals surface area contributed by atoms with Gasteiger partial charge in [-0.3, -0.25) is 14.3 Å². The van der Waals surface area contributed by atoms with E-state index in [1.165, 1.54) is 0 Å². The Morgan fingerprint density at radius 2 is 2.00 bits per heavy atom. The smallest absolute Gasteiger partial charge is 0.310 e. The van der Waals surface area contributed by atoms with E-state index in [4.69, 9.17) is 32.7 Å². The van der Waals surface area contributed by atoms with Crippen molar-refractivity contribution in [1.29, 1.82) is 0 Å². The minimum atomic E-state index is -0.803. The van der Waals surface area contributed by atoms with Gasteiger partial charge in [0.05, 0.1) is 25.1 Å². The standard InChI is InChI=1S/C19H20Cl2N2O4/c1-3-26-18(24)8-17(11-4-13(20)6-14(21)5-11)27-19(25)16-7-15(16)12-9-22-23(2)10-12/h4-6,9-10,15-17H,3,7-8H2,1-2H3/t15-,16-,17+/m1/s1. The predicted molar refractivity (Wildman–Crippen MR) is 101 cm³/mol. The van der Waals surface area contributed by atoms with Crippen molar-refractivity contribution in [3.05, 3.63) is 51.8 Å². The molecule has 0 unspecified atom stereocenters. The van der Waals surface area contributed by atoms with Gasteiger partial charge in [0.15, 0.2) is 0 Å². The number of nitrogens with zero attached hydrogens (tertiary/aromatic N) is 2. The van der Waals surface area contributed by atoms with Crippen LogP contribution in [0.1, 0.15) is 42.9 Å². The van der Waals surface area contributed by atoms with Gasteiger partial charge in [0.1, 0.15) is 6.10 Å². The van der Waals surface area contributed by atoms with Gasteiger partial charge in [0.2, 0.25) is 0 Å². The summed E-state index contributed by atoms with van der Waals surface area (Å²) in [5, 5.41) is 4.94. The van der Waals surface area contributed by atoms with Crippen LogP contribution >= 0.6 is 23.2 Å². The zero-order valence-corrected chi connectivity index (χ0v) is 16.5. The number of hydrogen-bond acceptors (Lipinski definition) is 5. The first-order chi connectivity index (χ1) is 12.9. The molecule has 0 spiro atoms. The molecule has 3 rings (SSSR count). The Morgan fingerprint density at radius 1 is 1.30 bits per heavy atom. The van der Waals surface area contributed by atoms with Gasteiger partial charge >= 0.3 is 11.9 Å². The van der Waals surface area contributed by atoms with Crippen molar-refractivity contribution in [1.82, 2.24) is 9.78 Å². The highest BCUT2D eigenvalue weighted by atomic mass is 35.5. The summed E-state index contributed by atoms with van der Waals surface area (Å²) in [4.78, 5) is 24.6. The van der Waals surface area contributed by atoms with Gasteiger partial charge in [0, 0.05) is 29.2 Å². The number of aryl methyl sites for hydroxylation is 1. The van der Waals surface area contributed by atoms with Crippen molar-refractivity contribution in [2.45, 2.75) is 31.8 Å². The van der Waals surface area contributed by atoms with Crippen molar-refractivity contribution in [3.8, 4) is 0 Å². The Labute approximate surface area is 167 Å². The zero-order valence-electron chi connectivity index (χ0n) is 15.0. The molecular weight excluding hydrogens is 391 g/mol. The molecule has 3 atom stereocenters. The third kappa shape index (κ3) is 5.02. The molecule has 1 fully saturated rings. The maximum atomic E-state index is 12.6. The van der Waals surface area contributed by atoms with Crippen molar-refractivity contribution in [3.63, 3.8) is 0 Å². The van der Waals surface area contributed by atoms with Crippen molar-refractivity contribution in [2.75, 3.05) is 6.61 Å². The molecule has 1 aliphatic carbocycles. The fourth-order valence-electron chi connectivity index (χ4n) is 3.04. The summed E-state index contributed by atoms with van der Waals surface area (Å²) < 4.78 is 12.4. The number of carbonyl (C=O) groups is 2. The first-order valence-electron chi connectivity index (χ1n) is 8.68. The minimum Gasteiger partial charge on any atom is -0.466 e. The van der Waals surface area contributed by atoms with Gasteiger partial charge < -0.3 is 9.47 Å². The molecule has 8 heteroatoms. The fraction of sp³-hybridized carbons (Fsp3) is 0.421. The number of rotatable bonds is 7. The van der Waals surface area contributed by atoms with Crippen LogP contribution < -0.4 is 0 Å². The van der Waals surface area contributed by atoms with Crippen LogP contribution in [0, 0.1) is 5.92 Å². The molecule has 0 radical (unpaired) electrons. The van der Waals surface area contributed by atoms with Crippen LogP contribution in [-0.2, 0) is 26.1 Å². The van der Waals surface area contributed by atoms with Crippen LogP contribution in [0.3, 0.4) is 0 Å². The van der Waals surface area contributed by atoms with Crippen LogP contribution in [0.5, 0.6) is 0 Å². The quantitative estimate of drug-likeness (QED) is 0.643. The number of benzene rings is 1. The van der Waals surface area contributed by atoms with Crippen LogP contribution in [-0.4, -0.2) is 28.3 Å². The Bertz CT molecular complexity index is 832. The molecule has 1 heterocycles. The summed E-state index contributed by atoms with van der Waals surface area (Å²) >= 11 is 12.1. The number of halogens is 2. The molecule has 1 aromatic carbocycles. The first-order valence-corrected chi connectivity index (χ1v) is 9.43. The van der Waals surface area contributed by atoms with E-state index >= 15 is 0 Å². The van der Waals surface area contributed by atoms with E-state index in [0.29, 0.717) is 22.0 Å². The van der Waals surface area contributed by atoms with E-state index < -0.39 is 12.1 Å². The maximum absolute atomic E-state index is 12.6. The van der Waals surface area contributed by atoms with Gasteiger partial charge in [-0.25, -0.2) is 0 Å². The van der Waals surface area contributed by atoms with Gasteiger partial charge in [0.25, 0.3) is 0 Å². The third-order valence-corrected chi connectivity index (χ3v) is 4.86. The van der Waals surface area contributed by atoms with Gasteiger partial charge in [-0.2, -0.15) is 5.10 Å². The van der Waals surface area contributed by atoms with Crippen LogP contribution in [0.4, 0.5) is 0 Å². The highest BCUT2D eigenvalue weighted by Crippen LogP contribution is 2.48. The maximum Gasteiger partial charge on any atom is 0.310 e. The third-order valence-electron chi connectivity index (χ3n) is 4.42. The van der Waals surface area contributed by atoms with E-state index in [0.717, 1.165) is 5.56 Å². The van der Waals surface area contributed by atoms with Gasteiger partial charge in [-0.15, -0.1) is 0 Å². The molecule has 27 heavy (non-hydrogen) atoms. The molecule has 0 aliphatic heterocycles. The summed E-state index contributed by atoms with van der Waals surface area (Å²) in [7, 11) is 1.83. The number of carbonyl (C=O) groups excluding carboxylic acids is 2. The second kappa shape index (κ2) is 8.31. The summed E-state index contributed by atoms with van der Waals surface area (Å²) in [5.41, 5.74) is 1.57. The lowest BCUT2D eigenvalue weighted by Gasteiger charge is -2.18. The minimum absolute atomic E-state index is 0.0948. The molecule has 6 nitrogen and oxygen atoms in total. The van der Waals surface area contributed by atoms with Crippen molar-refractivity contribution in [2.24, 2.45) is 13.0 Å². The summed E-state index contributed by atoms with van der Waals surface area (Å²) in [6.45, 7) is 1.97. The monoisotopic (exact) mass is 410 g/mol. The molecule has 0 bridgehead atoms. The highest BCUT2D eigenvalue weighted by Gasteiger charge is 2.46. The van der Waals surface area contributed by atoms with Crippen LogP contribution in [0.15, 0.2) is 30.6 Å². The Hall–Kier alpha value is -2.05. The largest absolute Gasteiger partial charge is 0.466 e. The second-order valence-corrected chi connectivity index (χ2v) is 7.41. The highest BCUT2D eigenvalue weighted by molar-refractivity contribution is 6.34. The number of ether oxygens (including phenoxy) is 2. The molecule has 0 amide bonds. The number of esters is 2. The van der Waals surface area contributed by atoms with Crippen LogP contribution in [0.2, 0.25) is 10.0 Å². The lowest BCUT2D eigenvalue weighted by molar-refractivity contribution is -0.156. The topological polar surface area (TPSA) is 70.4 Å². The molecule has 0 saturated heterocycles. The molecule has 1 aliphatic rings. The van der Waals surface area contributed by atoms with E-state index in [-0.39, 0.29) is 30.8 Å². The van der Waals surface area contributed by atoms with E-state index in [2.05, 4.69) is 5.10 Å². The molecule has 2 aromatic rings. The zero-order chi connectivity index (χ0) is 19.6. The Morgan fingerprint density at radius 3 is 2.59 bits per heavy atom. The SMILES string of the molecule is CCOC(=O)C[C@H](OC(=O)[C@@H]1C[C@@H]1c1cnn(C)c1)c1cc(Cl)cc(Cl)c1. The van der Waals surface area contributed by atoms with E-state index in [1.807, 2.05) is 13.2 Å². The van der Waals surface area contributed by atoms with E-state index in [9.17, 15) is 9.59 Å². The molecular formula is C19H20Cl2N2O4.